The Kier molecular flexibility index (Phi) is 10.6. The summed E-state index contributed by atoms with van der Waals surface area (Å²) in [7, 11) is 0. The van der Waals surface area contributed by atoms with Gasteiger partial charge in [-0.05, 0) is 47.9 Å². The third-order valence-electron chi connectivity index (χ3n) is 6.20. The first-order chi connectivity index (χ1) is 17.1. The van der Waals surface area contributed by atoms with E-state index in [-0.39, 0.29) is 53.9 Å². The van der Waals surface area contributed by atoms with Crippen molar-refractivity contribution in [2.45, 2.75) is 79.1 Å². The molecule has 4 rings (SSSR count). The number of pyridine rings is 2. The Morgan fingerprint density at radius 2 is 1.08 bits per heavy atom. The first-order valence-corrected chi connectivity index (χ1v) is 12.6. The molecule has 194 valence electrons. The molecular formula is C28H36N4O4Zn. The predicted molar refractivity (Wildman–Crippen MR) is 142 cm³/mol. The van der Waals surface area contributed by atoms with Crippen molar-refractivity contribution >= 4 is 11.3 Å². The Hall–Kier alpha value is -3.06. The Morgan fingerprint density at radius 1 is 0.730 bits per heavy atom. The maximum atomic E-state index is 12.2. The molecule has 0 amide bonds. The fourth-order valence-corrected chi connectivity index (χ4v) is 4.10. The van der Waals surface area contributed by atoms with Crippen molar-refractivity contribution < 1.29 is 29.7 Å². The zero-order valence-corrected chi connectivity index (χ0v) is 25.6. The molecule has 0 spiro atoms. The van der Waals surface area contributed by atoms with E-state index in [9.17, 15) is 19.8 Å². The minimum absolute atomic E-state index is 0. The maximum Gasteiger partial charge on any atom is 0.261 e. The van der Waals surface area contributed by atoms with Gasteiger partial charge >= 0.3 is 0 Å². The van der Waals surface area contributed by atoms with Crippen LogP contribution in [0.4, 0.5) is 0 Å². The molecule has 4 aromatic rings. The standard InChI is InChI=1S/2C14H18N2O2.Zn/c2*1-4-5-10-6-7-16-13(12(10)17)15-8-11(9(2)3)14(16)18;/h2*6-9,17H,4-5H2,1-3H3;. The number of aryl methyl sites for hydroxylation is 2. The van der Waals surface area contributed by atoms with Gasteiger partial charge in [0.25, 0.3) is 11.1 Å². The van der Waals surface area contributed by atoms with Crippen LogP contribution >= 0.6 is 0 Å². The van der Waals surface area contributed by atoms with Crippen LogP contribution in [-0.2, 0) is 32.3 Å². The van der Waals surface area contributed by atoms with Crippen LogP contribution in [0.5, 0.6) is 11.5 Å². The van der Waals surface area contributed by atoms with Crippen molar-refractivity contribution in [1.29, 1.82) is 0 Å². The second-order valence-corrected chi connectivity index (χ2v) is 9.61. The maximum absolute atomic E-state index is 12.2. The third kappa shape index (κ3) is 6.27. The Balaban J connectivity index is 0.000000253. The second kappa shape index (κ2) is 13.0. The fraction of sp³-hybridized carbons (Fsp3) is 0.429. The van der Waals surface area contributed by atoms with Gasteiger partial charge in [0.1, 0.15) is 0 Å². The van der Waals surface area contributed by atoms with Crippen molar-refractivity contribution in [3.8, 4) is 11.5 Å². The smallest absolute Gasteiger partial charge is 0.261 e. The van der Waals surface area contributed by atoms with Crippen molar-refractivity contribution in [3.05, 3.63) is 79.9 Å². The van der Waals surface area contributed by atoms with Crippen LogP contribution in [-0.4, -0.2) is 29.0 Å². The zero-order chi connectivity index (χ0) is 26.6. The molecule has 4 aromatic heterocycles. The monoisotopic (exact) mass is 556 g/mol. The van der Waals surface area contributed by atoms with Gasteiger partial charge in [-0.15, -0.1) is 0 Å². The second-order valence-electron chi connectivity index (χ2n) is 9.61. The Labute approximate surface area is 229 Å². The van der Waals surface area contributed by atoms with Gasteiger partial charge in [-0.2, -0.15) is 0 Å². The molecule has 8 nitrogen and oxygen atoms in total. The Morgan fingerprint density at radius 3 is 1.38 bits per heavy atom. The number of hydrogen-bond acceptors (Lipinski definition) is 6. The number of aromatic hydroxyl groups is 2. The summed E-state index contributed by atoms with van der Waals surface area (Å²) in [5.74, 6) is 0.484. The van der Waals surface area contributed by atoms with Crippen molar-refractivity contribution in [2.24, 2.45) is 0 Å². The summed E-state index contributed by atoms with van der Waals surface area (Å²) in [5, 5.41) is 20.2. The molecule has 0 aliphatic carbocycles. The van der Waals surface area contributed by atoms with E-state index >= 15 is 0 Å². The largest absolute Gasteiger partial charge is 0.504 e. The topological polar surface area (TPSA) is 109 Å². The van der Waals surface area contributed by atoms with Crippen LogP contribution in [0.15, 0.2) is 46.5 Å². The average molecular weight is 558 g/mol. The number of hydrogen-bond donors (Lipinski definition) is 2. The summed E-state index contributed by atoms with van der Waals surface area (Å²) in [4.78, 5) is 32.8. The van der Waals surface area contributed by atoms with Crippen LogP contribution in [0, 0.1) is 0 Å². The molecule has 2 N–H and O–H groups in total. The molecule has 0 aliphatic rings. The molecule has 0 atom stereocenters. The summed E-state index contributed by atoms with van der Waals surface area (Å²) in [6, 6.07) is 3.58. The summed E-state index contributed by atoms with van der Waals surface area (Å²) >= 11 is 0. The van der Waals surface area contributed by atoms with Crippen molar-refractivity contribution in [3.63, 3.8) is 0 Å². The van der Waals surface area contributed by atoms with Gasteiger partial charge in [0.2, 0.25) is 0 Å². The number of rotatable bonds is 6. The molecule has 9 heteroatoms. The van der Waals surface area contributed by atoms with E-state index in [1.165, 1.54) is 8.80 Å². The average Bonchev–Trinajstić information content (AvgIpc) is 2.83. The predicted octanol–water partition coefficient (Wildman–Crippen LogP) is 4.95. The van der Waals surface area contributed by atoms with Crippen molar-refractivity contribution in [2.75, 3.05) is 0 Å². The molecule has 37 heavy (non-hydrogen) atoms. The van der Waals surface area contributed by atoms with Crippen LogP contribution < -0.4 is 11.1 Å². The van der Waals surface area contributed by atoms with E-state index in [4.69, 9.17) is 0 Å². The Bertz CT molecular complexity index is 1380. The van der Waals surface area contributed by atoms with E-state index in [1.807, 2.05) is 41.5 Å². The number of fused-ring (bicyclic) bond motifs is 2. The summed E-state index contributed by atoms with van der Waals surface area (Å²) < 4.78 is 2.84. The molecule has 0 saturated carbocycles. The van der Waals surface area contributed by atoms with E-state index in [1.54, 1.807) is 36.9 Å². The van der Waals surface area contributed by atoms with E-state index in [0.29, 0.717) is 22.4 Å². The van der Waals surface area contributed by atoms with Gasteiger partial charge in [0, 0.05) is 55.4 Å². The summed E-state index contributed by atoms with van der Waals surface area (Å²) in [5.41, 5.74) is 3.47. The van der Waals surface area contributed by atoms with Crippen LogP contribution in [0.2, 0.25) is 0 Å². The van der Waals surface area contributed by atoms with Crippen LogP contribution in [0.3, 0.4) is 0 Å². The fourth-order valence-electron chi connectivity index (χ4n) is 4.10. The van der Waals surface area contributed by atoms with Crippen LogP contribution in [0.25, 0.3) is 11.3 Å². The van der Waals surface area contributed by atoms with E-state index in [0.717, 1.165) is 36.8 Å². The van der Waals surface area contributed by atoms with Crippen molar-refractivity contribution in [1.82, 2.24) is 18.8 Å². The first-order valence-electron chi connectivity index (χ1n) is 12.6. The molecule has 4 heterocycles. The molecule has 0 aliphatic heterocycles. The quantitative estimate of drug-likeness (QED) is 0.325. The number of nitrogens with zero attached hydrogens (tertiary/aromatic N) is 4. The molecule has 0 aromatic carbocycles. The first kappa shape index (κ1) is 30.2. The molecule has 0 unspecified atom stereocenters. The number of aromatic nitrogens is 4. The normalized spacial score (nSPS) is 11.0. The van der Waals surface area contributed by atoms with E-state index < -0.39 is 0 Å². The molecular weight excluding hydrogens is 522 g/mol. The van der Waals surface area contributed by atoms with Gasteiger partial charge in [0.15, 0.2) is 22.8 Å². The van der Waals surface area contributed by atoms with E-state index in [2.05, 4.69) is 9.97 Å². The SMILES string of the molecule is CCCc1ccn2c(=O)c(C(C)C)cnc2c1O.CCCc1ccn2c(=O)c(C(C)C)cnc2c1O.[Zn]. The summed E-state index contributed by atoms with van der Waals surface area (Å²) in [6.07, 6.45) is 9.97. The van der Waals surface area contributed by atoms with Gasteiger partial charge < -0.3 is 10.2 Å². The minimum Gasteiger partial charge on any atom is -0.504 e. The minimum atomic E-state index is -0.103. The third-order valence-corrected chi connectivity index (χ3v) is 6.20. The molecule has 0 fully saturated rings. The van der Waals surface area contributed by atoms with Crippen LogP contribution in [0.1, 0.15) is 88.5 Å². The zero-order valence-electron chi connectivity index (χ0n) is 22.7. The molecule has 0 bridgehead atoms. The van der Waals surface area contributed by atoms with Gasteiger partial charge in [-0.3, -0.25) is 18.4 Å². The molecule has 0 saturated heterocycles. The van der Waals surface area contributed by atoms with Gasteiger partial charge in [-0.25, -0.2) is 9.97 Å². The van der Waals surface area contributed by atoms with Gasteiger partial charge in [0.05, 0.1) is 0 Å². The van der Waals surface area contributed by atoms with Gasteiger partial charge in [-0.1, -0.05) is 54.4 Å². The summed E-state index contributed by atoms with van der Waals surface area (Å²) in [6.45, 7) is 11.9. The molecule has 0 radical (unpaired) electrons.